The normalized spacial score (nSPS) is 22.0. The number of piperazine rings is 1. The number of pyridine rings is 1. The van der Waals surface area contributed by atoms with Gasteiger partial charge < -0.3 is 9.80 Å². The van der Waals surface area contributed by atoms with E-state index in [9.17, 15) is 4.79 Å². The first-order chi connectivity index (χ1) is 13.6. The summed E-state index contributed by atoms with van der Waals surface area (Å²) in [7, 11) is 2.13. The van der Waals surface area contributed by atoms with E-state index in [4.69, 9.17) is 0 Å². The fourth-order valence-electron chi connectivity index (χ4n) is 4.38. The smallest absolute Gasteiger partial charge is 0.316 e. The molecule has 0 aliphatic carbocycles. The lowest BCUT2D eigenvalue weighted by molar-refractivity contribution is 0.111. The average molecular weight is 395 g/mol. The number of carbonyl (C=O) groups is 1. The minimum atomic E-state index is -0.0386. The Morgan fingerprint density at radius 2 is 1.93 bits per heavy atom. The minimum Gasteiger partial charge on any atom is -0.316 e. The fourth-order valence-corrected chi connectivity index (χ4v) is 5.06. The molecule has 2 aromatic heterocycles. The van der Waals surface area contributed by atoms with E-state index >= 15 is 0 Å². The van der Waals surface area contributed by atoms with Gasteiger partial charge in [0.1, 0.15) is 15.8 Å². The van der Waals surface area contributed by atoms with Gasteiger partial charge in [-0.3, -0.25) is 5.32 Å². The molecule has 0 radical (unpaired) electrons. The molecule has 2 unspecified atom stereocenters. The summed E-state index contributed by atoms with van der Waals surface area (Å²) in [5.74, 6) is 0.585. The van der Waals surface area contributed by atoms with E-state index in [1.165, 1.54) is 0 Å². The summed E-state index contributed by atoms with van der Waals surface area (Å²) in [6.45, 7) is 3.84. The first-order valence-corrected chi connectivity index (χ1v) is 10.4. The Morgan fingerprint density at radius 3 is 2.64 bits per heavy atom. The van der Waals surface area contributed by atoms with Crippen LogP contribution in [0.15, 0.2) is 30.5 Å². The van der Waals surface area contributed by atoms with Gasteiger partial charge in [-0.05, 0) is 44.3 Å². The Kier molecular flexibility index (Phi) is 4.25. The summed E-state index contributed by atoms with van der Waals surface area (Å²) in [6.07, 6.45) is 3.97. The van der Waals surface area contributed by atoms with Gasteiger partial charge in [-0.15, -0.1) is 10.2 Å². The van der Waals surface area contributed by atoms with Gasteiger partial charge >= 0.3 is 6.03 Å². The number of amides is 2. The van der Waals surface area contributed by atoms with E-state index in [1.807, 2.05) is 30.0 Å². The van der Waals surface area contributed by atoms with E-state index in [2.05, 4.69) is 38.5 Å². The summed E-state index contributed by atoms with van der Waals surface area (Å²) in [4.78, 5) is 21.7. The number of nitrogens with zero attached hydrogens (tertiary/aromatic N) is 5. The molecule has 2 fully saturated rings. The standard InChI is InChI=1S/C20H22N6OS/c1-12-23-24-19(28-12)13-3-4-14-9-21-18(8-15(14)7-13)22-20(27)26-16-5-6-17(26)11-25(2)10-16/h3-4,7-9,16-17H,5-6,10-11H2,1-2H3,(H,21,22,27). The number of rotatable bonds is 2. The third kappa shape index (κ3) is 3.12. The molecule has 2 atom stereocenters. The number of urea groups is 1. The summed E-state index contributed by atoms with van der Waals surface area (Å²) in [5, 5.41) is 15.2. The van der Waals surface area contributed by atoms with Crippen LogP contribution in [0.4, 0.5) is 10.6 Å². The molecular formula is C20H22N6OS. The summed E-state index contributed by atoms with van der Waals surface area (Å²) < 4.78 is 0. The van der Waals surface area contributed by atoms with Crippen LogP contribution in [0.25, 0.3) is 21.3 Å². The van der Waals surface area contributed by atoms with E-state index in [-0.39, 0.29) is 6.03 Å². The number of carbonyl (C=O) groups excluding carboxylic acids is 1. The second-order valence-corrected chi connectivity index (χ2v) is 8.88. The SMILES string of the molecule is Cc1nnc(-c2ccc3cnc(NC(=O)N4C5CCC4CN(C)C5)cc3c2)s1. The van der Waals surface area contributed by atoms with Crippen molar-refractivity contribution in [1.82, 2.24) is 25.0 Å². The van der Waals surface area contributed by atoms with Crippen LogP contribution in [0.3, 0.4) is 0 Å². The first kappa shape index (κ1) is 17.5. The Balaban J connectivity index is 1.39. The van der Waals surface area contributed by atoms with Gasteiger partial charge in [0.25, 0.3) is 0 Å². The van der Waals surface area contributed by atoms with Crippen molar-refractivity contribution in [3.05, 3.63) is 35.5 Å². The van der Waals surface area contributed by atoms with Crippen LogP contribution >= 0.6 is 11.3 Å². The first-order valence-electron chi connectivity index (χ1n) is 9.55. The maximum absolute atomic E-state index is 12.9. The van der Waals surface area contributed by atoms with Crippen LogP contribution in [0.2, 0.25) is 0 Å². The topological polar surface area (TPSA) is 74.2 Å². The van der Waals surface area contributed by atoms with Gasteiger partial charge in [-0.2, -0.15) is 0 Å². The molecule has 7 nitrogen and oxygen atoms in total. The molecule has 5 rings (SSSR count). The Bertz CT molecular complexity index is 1040. The van der Waals surface area contributed by atoms with Crippen molar-refractivity contribution in [2.45, 2.75) is 31.8 Å². The third-order valence-corrected chi connectivity index (χ3v) is 6.52. The third-order valence-electron chi connectivity index (χ3n) is 5.63. The van der Waals surface area contributed by atoms with Gasteiger partial charge in [-0.25, -0.2) is 9.78 Å². The number of likely N-dealkylation sites (N-methyl/N-ethyl adjacent to an activating group) is 1. The van der Waals surface area contributed by atoms with Crippen LogP contribution < -0.4 is 5.32 Å². The number of hydrogen-bond donors (Lipinski definition) is 1. The van der Waals surface area contributed by atoms with Crippen molar-refractivity contribution in [2.24, 2.45) is 0 Å². The van der Waals surface area contributed by atoms with Crippen LogP contribution in [-0.2, 0) is 0 Å². The van der Waals surface area contributed by atoms with Gasteiger partial charge in [0, 0.05) is 42.3 Å². The largest absolute Gasteiger partial charge is 0.323 e. The highest BCUT2D eigenvalue weighted by Gasteiger charge is 2.41. The van der Waals surface area contributed by atoms with E-state index in [0.29, 0.717) is 17.9 Å². The van der Waals surface area contributed by atoms with Gasteiger partial charge in [0.05, 0.1) is 0 Å². The number of benzene rings is 1. The molecule has 2 amide bonds. The van der Waals surface area contributed by atoms with E-state index in [1.54, 1.807) is 17.5 Å². The van der Waals surface area contributed by atoms with Crippen molar-refractivity contribution >= 4 is 34.0 Å². The summed E-state index contributed by atoms with van der Waals surface area (Å²) >= 11 is 1.57. The second-order valence-electron chi connectivity index (χ2n) is 7.70. The predicted octanol–water partition coefficient (Wildman–Crippen LogP) is 3.37. The zero-order valence-corrected chi connectivity index (χ0v) is 16.7. The molecule has 0 saturated carbocycles. The van der Waals surface area contributed by atoms with Crippen molar-refractivity contribution in [2.75, 3.05) is 25.5 Å². The Morgan fingerprint density at radius 1 is 1.14 bits per heavy atom. The number of aromatic nitrogens is 3. The quantitative estimate of drug-likeness (QED) is 0.721. The molecule has 2 aliphatic rings. The zero-order chi connectivity index (χ0) is 19.3. The maximum atomic E-state index is 12.9. The van der Waals surface area contributed by atoms with Gasteiger partial charge in [0.2, 0.25) is 0 Å². The molecule has 1 aromatic carbocycles. The highest BCUT2D eigenvalue weighted by atomic mass is 32.1. The monoisotopic (exact) mass is 394 g/mol. The lowest BCUT2D eigenvalue weighted by Gasteiger charge is -2.39. The van der Waals surface area contributed by atoms with Crippen LogP contribution in [0.5, 0.6) is 0 Å². The summed E-state index contributed by atoms with van der Waals surface area (Å²) in [6, 6.07) is 8.64. The van der Waals surface area contributed by atoms with Crippen LogP contribution in [0, 0.1) is 6.92 Å². The number of likely N-dealkylation sites (tertiary alicyclic amines) is 1. The minimum absolute atomic E-state index is 0.0386. The molecule has 144 valence electrons. The predicted molar refractivity (Wildman–Crippen MR) is 111 cm³/mol. The van der Waals surface area contributed by atoms with Crippen LogP contribution in [-0.4, -0.2) is 63.2 Å². The van der Waals surface area contributed by atoms with E-state index < -0.39 is 0 Å². The highest BCUT2D eigenvalue weighted by molar-refractivity contribution is 7.14. The molecule has 1 N–H and O–H groups in total. The maximum Gasteiger partial charge on any atom is 0.323 e. The number of hydrogen-bond acceptors (Lipinski definition) is 6. The number of fused-ring (bicyclic) bond motifs is 3. The Labute approximate surface area is 167 Å². The lowest BCUT2D eigenvalue weighted by Crippen LogP contribution is -2.55. The van der Waals surface area contributed by atoms with Gasteiger partial charge in [-0.1, -0.05) is 23.5 Å². The fraction of sp³-hybridized carbons (Fsp3) is 0.400. The molecule has 0 spiro atoms. The molecule has 2 bridgehead atoms. The van der Waals surface area contributed by atoms with Crippen molar-refractivity contribution in [1.29, 1.82) is 0 Å². The molecule has 4 heterocycles. The van der Waals surface area contributed by atoms with Crippen molar-refractivity contribution in [3.63, 3.8) is 0 Å². The molecule has 2 aliphatic heterocycles. The molecule has 28 heavy (non-hydrogen) atoms. The Hall–Kier alpha value is -2.58. The van der Waals surface area contributed by atoms with Gasteiger partial charge in [0.15, 0.2) is 0 Å². The van der Waals surface area contributed by atoms with Crippen molar-refractivity contribution in [3.8, 4) is 10.6 Å². The molecule has 2 saturated heterocycles. The highest BCUT2D eigenvalue weighted by Crippen LogP contribution is 2.31. The van der Waals surface area contributed by atoms with E-state index in [0.717, 1.165) is 52.3 Å². The zero-order valence-electron chi connectivity index (χ0n) is 15.9. The van der Waals surface area contributed by atoms with Crippen molar-refractivity contribution < 1.29 is 4.79 Å². The lowest BCUT2D eigenvalue weighted by atomic mass is 10.1. The number of aryl methyl sites for hydroxylation is 1. The molecule has 8 heteroatoms. The number of nitrogens with one attached hydrogen (secondary N) is 1. The summed E-state index contributed by atoms with van der Waals surface area (Å²) in [5.41, 5.74) is 1.03. The molecular weight excluding hydrogens is 372 g/mol. The van der Waals surface area contributed by atoms with Crippen LogP contribution in [0.1, 0.15) is 17.8 Å². The second kappa shape index (κ2) is 6.79. The average Bonchev–Trinajstić information content (AvgIpc) is 3.22. The number of anilines is 1. The molecule has 3 aromatic rings.